The van der Waals surface area contributed by atoms with Gasteiger partial charge in [-0.15, -0.1) is 0 Å². The van der Waals surface area contributed by atoms with Gasteiger partial charge in [-0.1, -0.05) is 6.92 Å². The van der Waals surface area contributed by atoms with Crippen LogP contribution in [0.2, 0.25) is 0 Å². The van der Waals surface area contributed by atoms with Crippen LogP contribution >= 0.6 is 0 Å². The van der Waals surface area contributed by atoms with E-state index in [1.54, 1.807) is 0 Å². The predicted molar refractivity (Wildman–Crippen MR) is 78.1 cm³/mol. The Bertz CT molecular complexity index is 504. The highest BCUT2D eigenvalue weighted by Crippen LogP contribution is 2.29. The molecule has 1 fully saturated rings. The number of aryl methyl sites for hydroxylation is 1. The van der Waals surface area contributed by atoms with Gasteiger partial charge >= 0.3 is 0 Å². The van der Waals surface area contributed by atoms with Crippen molar-refractivity contribution in [3.63, 3.8) is 0 Å². The van der Waals surface area contributed by atoms with E-state index in [0.717, 1.165) is 37.2 Å². The number of aromatic nitrogens is 2. The zero-order valence-corrected chi connectivity index (χ0v) is 12.0. The third-order valence-corrected chi connectivity index (χ3v) is 3.72. The van der Waals surface area contributed by atoms with Gasteiger partial charge in [-0.2, -0.15) is 0 Å². The SMILES string of the molecule is CCc1nc(NN)c(C)c(N2CCCCC2C(N)=O)n1. The van der Waals surface area contributed by atoms with Gasteiger partial charge in [-0.3, -0.25) is 4.79 Å². The van der Waals surface area contributed by atoms with E-state index in [9.17, 15) is 4.79 Å². The first-order valence-electron chi connectivity index (χ1n) is 6.98. The van der Waals surface area contributed by atoms with Gasteiger partial charge in [0.25, 0.3) is 0 Å². The molecule has 1 aliphatic rings. The molecule has 0 spiro atoms. The van der Waals surface area contributed by atoms with Crippen LogP contribution in [0.3, 0.4) is 0 Å². The lowest BCUT2D eigenvalue weighted by molar-refractivity contribution is -0.119. The molecule has 1 unspecified atom stereocenters. The third-order valence-electron chi connectivity index (χ3n) is 3.72. The Morgan fingerprint density at radius 1 is 1.45 bits per heavy atom. The standard InChI is InChI=1S/C13H22N6O/c1-3-10-16-12(18-15)8(2)13(17-10)19-7-5-4-6-9(19)11(14)20/h9H,3-7,15H2,1-2H3,(H2,14,20)(H,16,17,18). The van der Waals surface area contributed by atoms with E-state index in [1.165, 1.54) is 0 Å². The Balaban J connectivity index is 2.46. The Labute approximate surface area is 118 Å². The van der Waals surface area contributed by atoms with Crippen molar-refractivity contribution in [1.82, 2.24) is 9.97 Å². The van der Waals surface area contributed by atoms with Crippen LogP contribution < -0.4 is 21.9 Å². The monoisotopic (exact) mass is 278 g/mol. The Hall–Kier alpha value is -1.89. The molecule has 0 saturated carbocycles. The largest absolute Gasteiger partial charge is 0.368 e. The van der Waals surface area contributed by atoms with Gasteiger partial charge in [-0.05, 0) is 26.2 Å². The number of carbonyl (C=O) groups excluding carboxylic acids is 1. The molecule has 1 aliphatic heterocycles. The molecule has 2 rings (SSSR count). The summed E-state index contributed by atoms with van der Waals surface area (Å²) in [4.78, 5) is 22.6. The molecule has 0 aliphatic carbocycles. The molecule has 7 heteroatoms. The van der Waals surface area contributed by atoms with Crippen LogP contribution in [0.4, 0.5) is 11.6 Å². The van der Waals surface area contributed by atoms with E-state index in [1.807, 2.05) is 18.7 Å². The number of piperidine rings is 1. The van der Waals surface area contributed by atoms with Gasteiger partial charge in [0.05, 0.1) is 0 Å². The lowest BCUT2D eigenvalue weighted by Crippen LogP contribution is -2.48. The summed E-state index contributed by atoms with van der Waals surface area (Å²) in [6, 6.07) is -0.298. The van der Waals surface area contributed by atoms with Crippen molar-refractivity contribution >= 4 is 17.5 Å². The van der Waals surface area contributed by atoms with Crippen molar-refractivity contribution in [2.75, 3.05) is 16.9 Å². The fraction of sp³-hybridized carbons (Fsp3) is 0.615. The van der Waals surface area contributed by atoms with E-state index in [2.05, 4.69) is 15.4 Å². The zero-order valence-electron chi connectivity index (χ0n) is 12.0. The second kappa shape index (κ2) is 6.04. The molecule has 1 aromatic heterocycles. The second-order valence-corrected chi connectivity index (χ2v) is 5.04. The number of primary amides is 1. The maximum absolute atomic E-state index is 11.7. The van der Waals surface area contributed by atoms with Gasteiger partial charge in [-0.25, -0.2) is 15.8 Å². The van der Waals surface area contributed by atoms with Crippen LogP contribution in [-0.4, -0.2) is 28.5 Å². The van der Waals surface area contributed by atoms with Crippen molar-refractivity contribution in [3.8, 4) is 0 Å². The number of carbonyl (C=O) groups is 1. The first-order chi connectivity index (χ1) is 9.58. The number of anilines is 2. The minimum Gasteiger partial charge on any atom is -0.368 e. The number of amides is 1. The van der Waals surface area contributed by atoms with Crippen LogP contribution in [-0.2, 0) is 11.2 Å². The smallest absolute Gasteiger partial charge is 0.240 e. The number of nitrogen functional groups attached to an aromatic ring is 1. The first-order valence-corrected chi connectivity index (χ1v) is 6.98. The molecule has 2 heterocycles. The van der Waals surface area contributed by atoms with Crippen LogP contribution in [0.5, 0.6) is 0 Å². The van der Waals surface area contributed by atoms with Crippen LogP contribution in [0.15, 0.2) is 0 Å². The Kier molecular flexibility index (Phi) is 4.39. The molecule has 1 aromatic rings. The lowest BCUT2D eigenvalue weighted by atomic mass is 10.0. The molecule has 1 atom stereocenters. The molecular formula is C13H22N6O. The molecule has 0 aromatic carbocycles. The third kappa shape index (κ3) is 2.67. The van der Waals surface area contributed by atoms with Gasteiger partial charge in [0, 0.05) is 18.5 Å². The van der Waals surface area contributed by atoms with Crippen molar-refractivity contribution in [3.05, 3.63) is 11.4 Å². The van der Waals surface area contributed by atoms with E-state index < -0.39 is 0 Å². The van der Waals surface area contributed by atoms with Crippen molar-refractivity contribution in [1.29, 1.82) is 0 Å². The highest BCUT2D eigenvalue weighted by molar-refractivity contribution is 5.84. The van der Waals surface area contributed by atoms with E-state index in [-0.39, 0.29) is 11.9 Å². The van der Waals surface area contributed by atoms with Gasteiger partial charge in [0.1, 0.15) is 23.5 Å². The molecule has 1 amide bonds. The summed E-state index contributed by atoms with van der Waals surface area (Å²) in [5, 5.41) is 0. The summed E-state index contributed by atoms with van der Waals surface area (Å²) in [7, 11) is 0. The molecule has 0 bridgehead atoms. The Morgan fingerprint density at radius 3 is 2.80 bits per heavy atom. The topological polar surface area (TPSA) is 110 Å². The molecular weight excluding hydrogens is 256 g/mol. The molecule has 7 nitrogen and oxygen atoms in total. The fourth-order valence-corrected chi connectivity index (χ4v) is 2.61. The summed E-state index contributed by atoms with van der Waals surface area (Å²) >= 11 is 0. The van der Waals surface area contributed by atoms with Crippen molar-refractivity contribution in [2.24, 2.45) is 11.6 Å². The molecule has 20 heavy (non-hydrogen) atoms. The average Bonchev–Trinajstić information content (AvgIpc) is 2.47. The average molecular weight is 278 g/mol. The molecule has 110 valence electrons. The minimum atomic E-state index is -0.303. The summed E-state index contributed by atoms with van der Waals surface area (Å²) in [5.41, 5.74) is 8.97. The molecule has 1 saturated heterocycles. The van der Waals surface area contributed by atoms with E-state index >= 15 is 0 Å². The summed E-state index contributed by atoms with van der Waals surface area (Å²) in [5.74, 6) is 7.27. The Morgan fingerprint density at radius 2 is 2.20 bits per heavy atom. The fourth-order valence-electron chi connectivity index (χ4n) is 2.61. The van der Waals surface area contributed by atoms with Gasteiger partial charge < -0.3 is 16.1 Å². The maximum Gasteiger partial charge on any atom is 0.240 e. The highest BCUT2D eigenvalue weighted by atomic mass is 16.1. The number of nitrogens with one attached hydrogen (secondary N) is 1. The summed E-state index contributed by atoms with van der Waals surface area (Å²) in [6.45, 7) is 4.66. The van der Waals surface area contributed by atoms with E-state index in [4.69, 9.17) is 11.6 Å². The predicted octanol–water partition coefficient (Wildman–Crippen LogP) is 0.477. The maximum atomic E-state index is 11.7. The minimum absolute atomic E-state index is 0.298. The highest BCUT2D eigenvalue weighted by Gasteiger charge is 2.29. The number of hydrogen-bond acceptors (Lipinski definition) is 6. The second-order valence-electron chi connectivity index (χ2n) is 5.04. The summed E-state index contributed by atoms with van der Waals surface area (Å²) in [6.07, 6.45) is 3.51. The zero-order chi connectivity index (χ0) is 14.7. The van der Waals surface area contributed by atoms with Crippen LogP contribution in [0.1, 0.15) is 37.6 Å². The van der Waals surface area contributed by atoms with Crippen molar-refractivity contribution < 1.29 is 4.79 Å². The molecule has 0 radical (unpaired) electrons. The van der Waals surface area contributed by atoms with Gasteiger partial charge in [0.15, 0.2) is 0 Å². The first kappa shape index (κ1) is 14.5. The van der Waals surface area contributed by atoms with E-state index in [0.29, 0.717) is 18.1 Å². The number of hydrogen-bond donors (Lipinski definition) is 3. The number of rotatable bonds is 4. The number of hydrazine groups is 1. The number of nitrogens with two attached hydrogens (primary N) is 2. The number of nitrogens with zero attached hydrogens (tertiary/aromatic N) is 3. The molecule has 5 N–H and O–H groups in total. The quantitative estimate of drug-likeness (QED) is 0.545. The van der Waals surface area contributed by atoms with Gasteiger partial charge in [0.2, 0.25) is 5.91 Å². The summed E-state index contributed by atoms with van der Waals surface area (Å²) < 4.78 is 0. The van der Waals surface area contributed by atoms with Crippen molar-refractivity contribution in [2.45, 2.75) is 45.6 Å². The van der Waals surface area contributed by atoms with Crippen LogP contribution in [0, 0.1) is 6.92 Å². The normalized spacial score (nSPS) is 18.9. The lowest BCUT2D eigenvalue weighted by Gasteiger charge is -2.35. The van der Waals surface area contributed by atoms with Crippen LogP contribution in [0.25, 0.3) is 0 Å².